The van der Waals surface area contributed by atoms with Gasteiger partial charge >= 0.3 is 39.5 Å². The molecule has 3 N–H and O–H groups in total. The van der Waals surface area contributed by atoms with Crippen molar-refractivity contribution < 1.29 is 80.2 Å². The second-order valence-corrected chi connectivity index (χ2v) is 35.5. The largest absolute Gasteiger partial charge is 0.472 e. The third-order valence-corrected chi connectivity index (χ3v) is 22.6. The molecule has 0 saturated heterocycles. The van der Waals surface area contributed by atoms with Crippen LogP contribution < -0.4 is 0 Å². The third-order valence-electron chi connectivity index (χ3n) is 20.7. The number of hydrogen-bond donors (Lipinski definition) is 3. The number of ether oxygens (including phenoxy) is 4. The van der Waals surface area contributed by atoms with Gasteiger partial charge in [-0.05, 0) is 37.5 Å². The zero-order valence-corrected chi connectivity index (χ0v) is 72.2. The molecule has 0 heterocycles. The first-order chi connectivity index (χ1) is 51.9. The van der Waals surface area contributed by atoms with E-state index in [-0.39, 0.29) is 25.7 Å². The Hall–Kier alpha value is -1.94. The molecule has 0 aliphatic rings. The minimum absolute atomic E-state index is 0.108. The maximum atomic E-state index is 13.2. The summed E-state index contributed by atoms with van der Waals surface area (Å²) in [5.41, 5.74) is 0. The zero-order valence-electron chi connectivity index (χ0n) is 70.5. The van der Waals surface area contributed by atoms with Crippen molar-refractivity contribution in [3.63, 3.8) is 0 Å². The topological polar surface area (TPSA) is 237 Å². The first-order valence-corrected chi connectivity index (χ1v) is 48.5. The molecule has 17 nitrogen and oxygen atoms in total. The van der Waals surface area contributed by atoms with Gasteiger partial charge in [0.05, 0.1) is 26.4 Å². The third kappa shape index (κ3) is 81.9. The SMILES string of the molecule is CCCCCCCCCCCCCCCCCCCCCCC(=O)O[C@H](COC(=O)CCCCCCCCCCCCCCCCCCC(C)C)COP(=O)(O)OC[C@@H](O)COP(=O)(O)OC[C@@H](COC(=O)CCCCCCCCCC(C)C)OC(=O)CCCCCCCCCCCCCCCCCCCC. The number of rotatable bonds is 87. The molecule has 0 saturated carbocycles. The van der Waals surface area contributed by atoms with E-state index in [2.05, 4.69) is 41.5 Å². The van der Waals surface area contributed by atoms with Crippen LogP contribution in [0, 0.1) is 11.8 Å². The number of aliphatic hydroxyl groups is 1. The Bertz CT molecular complexity index is 2050. The van der Waals surface area contributed by atoms with Crippen molar-refractivity contribution >= 4 is 39.5 Å². The van der Waals surface area contributed by atoms with Gasteiger partial charge in [0.1, 0.15) is 19.3 Å². The lowest BCUT2D eigenvalue weighted by molar-refractivity contribution is -0.161. The predicted molar refractivity (Wildman–Crippen MR) is 442 cm³/mol. The van der Waals surface area contributed by atoms with Crippen LogP contribution >= 0.6 is 15.6 Å². The van der Waals surface area contributed by atoms with Crippen LogP contribution in [0.15, 0.2) is 0 Å². The van der Waals surface area contributed by atoms with E-state index in [1.165, 1.54) is 283 Å². The van der Waals surface area contributed by atoms with Gasteiger partial charge in [-0.25, -0.2) is 9.13 Å². The molecule has 5 atom stereocenters. The van der Waals surface area contributed by atoms with Crippen molar-refractivity contribution in [1.82, 2.24) is 0 Å². The summed E-state index contributed by atoms with van der Waals surface area (Å²) in [4.78, 5) is 73.3. The highest BCUT2D eigenvalue weighted by atomic mass is 31.2. The maximum absolute atomic E-state index is 13.2. The van der Waals surface area contributed by atoms with Gasteiger partial charge in [-0.2, -0.15) is 0 Å². The van der Waals surface area contributed by atoms with Gasteiger partial charge in [-0.1, -0.05) is 420 Å². The van der Waals surface area contributed by atoms with Crippen molar-refractivity contribution in [2.45, 2.75) is 490 Å². The first-order valence-electron chi connectivity index (χ1n) is 45.5. The van der Waals surface area contributed by atoms with Crippen LogP contribution in [-0.4, -0.2) is 96.7 Å². The normalized spacial score (nSPS) is 13.8. The minimum atomic E-state index is -4.97. The Labute approximate surface area is 658 Å². The lowest BCUT2D eigenvalue weighted by atomic mass is 10.0. The van der Waals surface area contributed by atoms with E-state index in [0.29, 0.717) is 31.6 Å². The zero-order chi connectivity index (χ0) is 78.5. The van der Waals surface area contributed by atoms with Gasteiger partial charge in [-0.3, -0.25) is 37.3 Å². The van der Waals surface area contributed by atoms with Crippen molar-refractivity contribution in [2.24, 2.45) is 11.8 Å². The van der Waals surface area contributed by atoms with Gasteiger partial charge in [0, 0.05) is 25.7 Å². The van der Waals surface area contributed by atoms with Crippen molar-refractivity contribution in [2.75, 3.05) is 39.6 Å². The van der Waals surface area contributed by atoms with Crippen LogP contribution in [-0.2, 0) is 65.4 Å². The fourth-order valence-electron chi connectivity index (χ4n) is 13.8. The van der Waals surface area contributed by atoms with E-state index in [4.69, 9.17) is 37.0 Å². The van der Waals surface area contributed by atoms with Gasteiger partial charge in [0.2, 0.25) is 0 Å². The number of unbranched alkanes of at least 4 members (excludes halogenated alkanes) is 57. The van der Waals surface area contributed by atoms with Crippen LogP contribution in [0.3, 0.4) is 0 Å². The van der Waals surface area contributed by atoms with Crippen molar-refractivity contribution in [3.8, 4) is 0 Å². The average Bonchev–Trinajstić information content (AvgIpc) is 0.902. The van der Waals surface area contributed by atoms with Crippen LogP contribution in [0.2, 0.25) is 0 Å². The summed E-state index contributed by atoms with van der Waals surface area (Å²) in [7, 11) is -9.93. The van der Waals surface area contributed by atoms with Gasteiger partial charge < -0.3 is 33.8 Å². The summed E-state index contributed by atoms with van der Waals surface area (Å²) < 4.78 is 69.0. The molecule has 0 aliphatic carbocycles. The summed E-state index contributed by atoms with van der Waals surface area (Å²) >= 11 is 0. The number of aliphatic hydroxyl groups excluding tert-OH is 1. The van der Waals surface area contributed by atoms with E-state index in [0.717, 1.165) is 102 Å². The number of hydrogen-bond acceptors (Lipinski definition) is 15. The summed E-state index contributed by atoms with van der Waals surface area (Å²) in [6, 6.07) is 0. The molecule has 0 radical (unpaired) electrons. The average molecular weight is 1560 g/mol. The smallest absolute Gasteiger partial charge is 0.462 e. The lowest BCUT2D eigenvalue weighted by Crippen LogP contribution is -2.30. The van der Waals surface area contributed by atoms with Crippen molar-refractivity contribution in [1.29, 1.82) is 0 Å². The highest BCUT2D eigenvalue weighted by Gasteiger charge is 2.30. The number of phosphoric ester groups is 2. The number of esters is 4. The highest BCUT2D eigenvalue weighted by Crippen LogP contribution is 2.45. The van der Waals surface area contributed by atoms with Crippen LogP contribution in [0.5, 0.6) is 0 Å². The van der Waals surface area contributed by atoms with Crippen LogP contribution in [0.4, 0.5) is 0 Å². The van der Waals surface area contributed by atoms with Gasteiger partial charge in [0.15, 0.2) is 12.2 Å². The maximum Gasteiger partial charge on any atom is 0.472 e. The van der Waals surface area contributed by atoms with E-state index >= 15 is 0 Å². The van der Waals surface area contributed by atoms with Gasteiger partial charge in [-0.15, -0.1) is 0 Å². The molecular weight excluding hydrogens is 1390 g/mol. The monoisotopic (exact) mass is 1560 g/mol. The van der Waals surface area contributed by atoms with Crippen LogP contribution in [0.25, 0.3) is 0 Å². The summed E-state index contributed by atoms with van der Waals surface area (Å²) in [5, 5.41) is 10.7. The quantitative estimate of drug-likeness (QED) is 0.0222. The predicted octanol–water partition coefficient (Wildman–Crippen LogP) is 27.0. The minimum Gasteiger partial charge on any atom is -0.462 e. The summed E-state index contributed by atoms with van der Waals surface area (Å²) in [5.74, 6) is -0.583. The second kappa shape index (κ2) is 79.3. The molecule has 0 aromatic carbocycles. The van der Waals surface area contributed by atoms with Gasteiger partial charge in [0.25, 0.3) is 0 Å². The number of carbonyl (C=O) groups excluding carboxylic acids is 4. The van der Waals surface area contributed by atoms with E-state index in [1.54, 1.807) is 0 Å². The fourth-order valence-corrected chi connectivity index (χ4v) is 15.4. The lowest BCUT2D eigenvalue weighted by Gasteiger charge is -2.21. The molecule has 2 unspecified atom stereocenters. The van der Waals surface area contributed by atoms with E-state index in [1.807, 2.05) is 0 Å². The Kier molecular flexibility index (Phi) is 77.9. The standard InChI is InChI=1S/C88H172O17P2/c1-7-9-11-13-15-17-19-21-23-25-27-28-30-36-40-44-48-54-61-66-72-87(92)104-83(76-98-85(90)70-64-58-52-46-42-38-34-32-31-33-37-41-45-50-56-62-68-80(3)4)78-102-106(94,95)100-74-82(89)75-101-107(96,97)103-79-84(77-99-86(91)71-65-59-55-49-51-57-63-69-81(5)6)105-88(93)73-67-60-53-47-43-39-35-29-26-24-22-20-18-16-14-12-10-8-2/h80-84,89H,7-79H2,1-6H3,(H,94,95)(H,96,97)/t82-,83-,84-/m1/s1. The summed E-state index contributed by atoms with van der Waals surface area (Å²) in [6.45, 7) is 9.66. The molecule has 19 heteroatoms. The molecule has 0 rings (SSSR count). The second-order valence-electron chi connectivity index (χ2n) is 32.6. The Morgan fingerprint density at radius 1 is 0.252 bits per heavy atom. The molecule has 0 aromatic rings. The van der Waals surface area contributed by atoms with E-state index in [9.17, 15) is 43.2 Å². The number of phosphoric acid groups is 2. The molecule has 0 bridgehead atoms. The molecule has 107 heavy (non-hydrogen) atoms. The Balaban J connectivity index is 5.22. The molecule has 0 aromatic heterocycles. The van der Waals surface area contributed by atoms with E-state index < -0.39 is 97.5 Å². The fraction of sp³-hybridized carbons (Fsp3) is 0.955. The molecule has 636 valence electrons. The molecule has 0 aliphatic heterocycles. The molecule has 0 fully saturated rings. The Morgan fingerprint density at radius 2 is 0.430 bits per heavy atom. The van der Waals surface area contributed by atoms with Crippen molar-refractivity contribution in [3.05, 3.63) is 0 Å². The first kappa shape index (κ1) is 105. The molecule has 0 amide bonds. The highest BCUT2D eigenvalue weighted by molar-refractivity contribution is 7.47. The van der Waals surface area contributed by atoms with Crippen LogP contribution in [0.1, 0.15) is 472 Å². The molecule has 0 spiro atoms. The summed E-state index contributed by atoms with van der Waals surface area (Å²) in [6.07, 6.45) is 72.4. The Morgan fingerprint density at radius 3 is 0.636 bits per heavy atom. The number of carbonyl (C=O) groups is 4. The molecular formula is C88H172O17P2.